The average Bonchev–Trinajstić information content (AvgIpc) is 2.71. The number of nitrogens with zero attached hydrogens (tertiary/aromatic N) is 3. The number of hydrogen-bond donors (Lipinski definition) is 0. The molecule has 148 valence electrons. The molecule has 1 aromatic carbocycles. The Labute approximate surface area is 164 Å². The van der Waals surface area contributed by atoms with Crippen LogP contribution in [0, 0.1) is 11.7 Å². The van der Waals surface area contributed by atoms with Crippen molar-refractivity contribution in [1.82, 2.24) is 14.7 Å². The second-order valence-corrected chi connectivity index (χ2v) is 7.94. The lowest BCUT2D eigenvalue weighted by Gasteiger charge is -2.32. The number of hydrogen-bond acceptors (Lipinski definition) is 3. The highest BCUT2D eigenvalue weighted by Gasteiger charge is 2.24. The summed E-state index contributed by atoms with van der Waals surface area (Å²) >= 11 is 0. The summed E-state index contributed by atoms with van der Waals surface area (Å²) in [5.41, 5.74) is 2.61. The molecule has 0 atom stereocenters. The molecule has 1 saturated heterocycles. The highest BCUT2D eigenvalue weighted by molar-refractivity contribution is 5.78. The minimum atomic E-state index is -0.330. The molecule has 0 bridgehead atoms. The van der Waals surface area contributed by atoms with E-state index in [1.54, 1.807) is 28.9 Å². The molecule has 5 nitrogen and oxygen atoms in total. The van der Waals surface area contributed by atoms with Crippen molar-refractivity contribution >= 4 is 5.91 Å². The molecule has 0 N–H and O–H groups in total. The van der Waals surface area contributed by atoms with Crippen LogP contribution in [0.3, 0.4) is 0 Å². The van der Waals surface area contributed by atoms with Crippen molar-refractivity contribution in [3.63, 3.8) is 0 Å². The van der Waals surface area contributed by atoms with Gasteiger partial charge in [-0.2, -0.15) is 5.10 Å². The number of likely N-dealkylation sites (tertiary alicyclic amines) is 1. The van der Waals surface area contributed by atoms with Crippen LogP contribution in [0.1, 0.15) is 42.5 Å². The van der Waals surface area contributed by atoms with Gasteiger partial charge in [0.2, 0.25) is 5.91 Å². The molecule has 1 fully saturated rings. The van der Waals surface area contributed by atoms with Crippen LogP contribution in [0.15, 0.2) is 35.1 Å². The summed E-state index contributed by atoms with van der Waals surface area (Å²) in [6, 6.07) is 8.19. The number of fused-ring (bicyclic) bond motifs is 1. The lowest BCUT2D eigenvalue weighted by molar-refractivity contribution is -0.132. The lowest BCUT2D eigenvalue weighted by atomic mass is 9.95. The van der Waals surface area contributed by atoms with E-state index in [4.69, 9.17) is 0 Å². The topological polar surface area (TPSA) is 55.2 Å². The van der Waals surface area contributed by atoms with Gasteiger partial charge in [0.05, 0.1) is 12.1 Å². The number of amides is 1. The Hall–Kier alpha value is -2.50. The number of piperidine rings is 1. The van der Waals surface area contributed by atoms with E-state index in [-0.39, 0.29) is 23.7 Å². The van der Waals surface area contributed by atoms with Gasteiger partial charge in [0.15, 0.2) is 0 Å². The van der Waals surface area contributed by atoms with Crippen LogP contribution in [0.25, 0.3) is 0 Å². The first-order chi connectivity index (χ1) is 13.6. The molecule has 2 aromatic rings. The number of aromatic nitrogens is 2. The zero-order valence-electron chi connectivity index (χ0n) is 16.1. The van der Waals surface area contributed by atoms with Crippen LogP contribution in [-0.4, -0.2) is 33.7 Å². The molecule has 28 heavy (non-hydrogen) atoms. The van der Waals surface area contributed by atoms with Gasteiger partial charge in [-0.1, -0.05) is 18.2 Å². The monoisotopic (exact) mass is 383 g/mol. The normalized spacial score (nSPS) is 17.4. The Kier molecular flexibility index (Phi) is 5.55. The summed E-state index contributed by atoms with van der Waals surface area (Å²) in [5, 5.41) is 4.61. The van der Waals surface area contributed by atoms with Crippen LogP contribution in [0.4, 0.5) is 4.39 Å². The van der Waals surface area contributed by atoms with Crippen molar-refractivity contribution < 1.29 is 9.18 Å². The summed E-state index contributed by atoms with van der Waals surface area (Å²) in [6.45, 7) is 1.91. The number of rotatable bonds is 4. The van der Waals surface area contributed by atoms with E-state index in [2.05, 4.69) is 5.10 Å². The summed E-state index contributed by atoms with van der Waals surface area (Å²) in [5.74, 6) is -0.0273. The van der Waals surface area contributed by atoms with Crippen molar-refractivity contribution in [2.45, 2.75) is 51.5 Å². The Balaban J connectivity index is 1.34. The van der Waals surface area contributed by atoms with Crippen LogP contribution in [0.2, 0.25) is 0 Å². The predicted octanol–water partition coefficient (Wildman–Crippen LogP) is 2.74. The quantitative estimate of drug-likeness (QED) is 0.816. The predicted molar refractivity (Wildman–Crippen MR) is 105 cm³/mol. The van der Waals surface area contributed by atoms with E-state index in [1.165, 1.54) is 6.07 Å². The van der Waals surface area contributed by atoms with E-state index in [0.29, 0.717) is 31.1 Å². The molecular weight excluding hydrogens is 357 g/mol. The number of halogens is 1. The fourth-order valence-electron chi connectivity index (χ4n) is 4.26. The third-order valence-corrected chi connectivity index (χ3v) is 5.97. The van der Waals surface area contributed by atoms with Gasteiger partial charge in [0.25, 0.3) is 5.56 Å². The molecule has 1 aromatic heterocycles. The first-order valence-electron chi connectivity index (χ1n) is 10.2. The third kappa shape index (κ3) is 4.16. The average molecular weight is 383 g/mol. The molecule has 2 aliphatic rings. The van der Waals surface area contributed by atoms with Gasteiger partial charge in [-0.15, -0.1) is 0 Å². The first-order valence-corrected chi connectivity index (χ1v) is 10.2. The number of aryl methyl sites for hydroxylation is 2. The molecule has 0 saturated carbocycles. The number of carbonyl (C=O) groups excluding carboxylic acids is 1. The molecule has 4 rings (SSSR count). The van der Waals surface area contributed by atoms with Crippen molar-refractivity contribution in [3.05, 3.63) is 63.3 Å². The Morgan fingerprint density at radius 1 is 1.14 bits per heavy atom. The molecule has 2 heterocycles. The minimum absolute atomic E-state index is 0.0151. The largest absolute Gasteiger partial charge is 0.342 e. The van der Waals surface area contributed by atoms with E-state index in [0.717, 1.165) is 49.8 Å². The van der Waals surface area contributed by atoms with Gasteiger partial charge >= 0.3 is 0 Å². The smallest absolute Gasteiger partial charge is 0.267 e. The van der Waals surface area contributed by atoms with E-state index < -0.39 is 0 Å². The van der Waals surface area contributed by atoms with Crippen LogP contribution in [0.5, 0.6) is 0 Å². The zero-order chi connectivity index (χ0) is 19.5. The van der Waals surface area contributed by atoms with Crippen LogP contribution < -0.4 is 5.56 Å². The van der Waals surface area contributed by atoms with Gasteiger partial charge in [-0.05, 0) is 61.6 Å². The zero-order valence-corrected chi connectivity index (χ0v) is 16.1. The van der Waals surface area contributed by atoms with Crippen molar-refractivity contribution in [2.24, 2.45) is 5.92 Å². The highest BCUT2D eigenvalue weighted by atomic mass is 19.1. The van der Waals surface area contributed by atoms with Gasteiger partial charge < -0.3 is 4.90 Å². The molecule has 0 spiro atoms. The minimum Gasteiger partial charge on any atom is -0.342 e. The molecule has 6 heteroatoms. The van der Waals surface area contributed by atoms with Crippen molar-refractivity contribution in [1.29, 1.82) is 0 Å². The first kappa shape index (κ1) is 18.8. The van der Waals surface area contributed by atoms with E-state index >= 15 is 0 Å². The Morgan fingerprint density at radius 2 is 1.89 bits per heavy atom. The Morgan fingerprint density at radius 3 is 2.68 bits per heavy atom. The van der Waals surface area contributed by atoms with E-state index in [9.17, 15) is 14.0 Å². The fourth-order valence-corrected chi connectivity index (χ4v) is 4.26. The molecule has 0 radical (unpaired) electrons. The third-order valence-electron chi connectivity index (χ3n) is 5.97. The van der Waals surface area contributed by atoms with Crippen LogP contribution in [-0.2, 0) is 30.6 Å². The second-order valence-electron chi connectivity index (χ2n) is 7.94. The SMILES string of the molecule is O=C(Cc1ccccc1F)N1CCC(Cn2nc3c(cc2=O)CCCC3)CC1. The van der Waals surface area contributed by atoms with Gasteiger partial charge in [0.1, 0.15) is 5.82 Å². The molecule has 1 amide bonds. The summed E-state index contributed by atoms with van der Waals surface area (Å²) in [7, 11) is 0. The van der Waals surface area contributed by atoms with Gasteiger partial charge in [-0.25, -0.2) is 9.07 Å². The summed E-state index contributed by atoms with van der Waals surface area (Å²) in [4.78, 5) is 26.7. The number of carbonyl (C=O) groups is 1. The maximum absolute atomic E-state index is 13.8. The maximum Gasteiger partial charge on any atom is 0.267 e. The highest BCUT2D eigenvalue weighted by Crippen LogP contribution is 2.21. The summed E-state index contributed by atoms with van der Waals surface area (Å²) < 4.78 is 15.4. The second kappa shape index (κ2) is 8.25. The maximum atomic E-state index is 13.8. The molecule has 1 aliphatic heterocycles. The lowest BCUT2D eigenvalue weighted by Crippen LogP contribution is -2.41. The van der Waals surface area contributed by atoms with Crippen molar-refractivity contribution in [2.75, 3.05) is 13.1 Å². The van der Waals surface area contributed by atoms with E-state index in [1.807, 2.05) is 4.90 Å². The van der Waals surface area contributed by atoms with Crippen LogP contribution >= 0.6 is 0 Å². The van der Waals surface area contributed by atoms with Gasteiger partial charge in [0, 0.05) is 25.7 Å². The number of benzene rings is 1. The fraction of sp³-hybridized carbons (Fsp3) is 0.500. The molecule has 1 aliphatic carbocycles. The van der Waals surface area contributed by atoms with Crippen molar-refractivity contribution in [3.8, 4) is 0 Å². The Bertz CT molecular complexity index is 916. The standard InChI is InChI=1S/C22H26FN3O2/c23-19-7-3-1-5-17(19)13-21(27)25-11-9-16(10-12-25)15-26-22(28)14-18-6-2-4-8-20(18)24-26/h1,3,5,7,14,16H,2,4,6,8-13,15H2. The molecular formula is C22H26FN3O2. The van der Waals surface area contributed by atoms with Gasteiger partial charge in [-0.3, -0.25) is 9.59 Å². The molecule has 0 unspecified atom stereocenters. The summed E-state index contributed by atoms with van der Waals surface area (Å²) in [6.07, 6.45) is 5.98.